The second-order valence-electron chi connectivity index (χ2n) is 2.96. The summed E-state index contributed by atoms with van der Waals surface area (Å²) in [5.74, 6) is 0. The van der Waals surface area contributed by atoms with Crippen molar-refractivity contribution in [3.63, 3.8) is 0 Å². The summed E-state index contributed by atoms with van der Waals surface area (Å²) in [5, 5.41) is 23.6. The Balaban J connectivity index is -0.0000000743. The third kappa shape index (κ3) is 26.6. The van der Waals surface area contributed by atoms with Gasteiger partial charge in [-0.25, -0.2) is 0 Å². The maximum absolute atomic E-state index is 8.29. The fraction of sp³-hybridized carbons (Fsp3) is 0.333. The van der Waals surface area contributed by atoms with Crippen molar-refractivity contribution in [3.05, 3.63) is 71.8 Å². The van der Waals surface area contributed by atoms with Crippen LogP contribution in [-0.4, -0.2) is 20.6 Å². The lowest BCUT2D eigenvalue weighted by Gasteiger charge is -1.80. The van der Waals surface area contributed by atoms with Crippen LogP contribution in [0.5, 0.6) is 0 Å². The van der Waals surface area contributed by atoms with E-state index < -0.39 is 0 Å². The average Bonchev–Trinajstić information content (AvgIpc) is 2.75. The van der Waals surface area contributed by atoms with Crippen molar-refractivity contribution in [3.8, 4) is 12.1 Å². The van der Waals surface area contributed by atoms with Gasteiger partial charge in [-0.2, -0.15) is 10.5 Å². The van der Waals surface area contributed by atoms with E-state index >= 15 is 0 Å². The Bertz CT molecular complexity index is 453. The number of hydrogen-bond acceptors (Lipinski definition) is 3. The monoisotopic (exact) mass is 339 g/mol. The largest absolute Gasteiger partial charge is 0.400 e. The first-order valence-corrected chi connectivity index (χ1v) is 8.22. The molecule has 0 saturated heterocycles. The molecule has 3 radical (unpaired) electrons. The van der Waals surface area contributed by atoms with Crippen molar-refractivity contribution < 1.29 is 5.11 Å². The van der Waals surface area contributed by atoms with E-state index in [1.165, 1.54) is 0 Å². The van der Waals surface area contributed by atoms with Crippen LogP contribution in [0.1, 0.15) is 52.7 Å². The van der Waals surface area contributed by atoms with E-state index in [1.54, 1.807) is 24.3 Å². The Hall–Kier alpha value is -2.56. The lowest BCUT2D eigenvalue weighted by molar-refractivity contribution is 0.399. The molecule has 0 aliphatic rings. The van der Waals surface area contributed by atoms with Gasteiger partial charge < -0.3 is 5.11 Å². The van der Waals surface area contributed by atoms with Crippen molar-refractivity contribution in [2.75, 3.05) is 7.11 Å². The molecular formula is C21H32BN2O. The van der Waals surface area contributed by atoms with Crippen LogP contribution in [0.3, 0.4) is 0 Å². The Morgan fingerprint density at radius 2 is 0.760 bits per heavy atom. The van der Waals surface area contributed by atoms with Gasteiger partial charge in [0, 0.05) is 15.5 Å². The second kappa shape index (κ2) is 37.6. The summed E-state index contributed by atoms with van der Waals surface area (Å²) >= 11 is 0. The van der Waals surface area contributed by atoms with Gasteiger partial charge in [0.05, 0.1) is 23.3 Å². The number of aliphatic hydroxyl groups excluding tert-OH is 1. The summed E-state index contributed by atoms with van der Waals surface area (Å²) in [7, 11) is 1.00. The van der Waals surface area contributed by atoms with Crippen molar-refractivity contribution in [2.24, 2.45) is 0 Å². The third-order valence-electron chi connectivity index (χ3n) is 1.81. The van der Waals surface area contributed by atoms with E-state index in [4.69, 9.17) is 15.6 Å². The van der Waals surface area contributed by atoms with Gasteiger partial charge in [-0.05, 0) is 24.3 Å². The maximum atomic E-state index is 8.29. The summed E-state index contributed by atoms with van der Waals surface area (Å²) in [6, 6.07) is 22.3. The lowest BCUT2D eigenvalue weighted by atomic mass is 10.2. The fourth-order valence-electron chi connectivity index (χ4n) is 1.03. The quantitative estimate of drug-likeness (QED) is 0.651. The van der Waals surface area contributed by atoms with Gasteiger partial charge in [-0.15, -0.1) is 0 Å². The molecule has 0 aliphatic heterocycles. The van der Waals surface area contributed by atoms with Gasteiger partial charge in [0.15, 0.2) is 0 Å². The van der Waals surface area contributed by atoms with E-state index in [1.807, 2.05) is 90.1 Å². The van der Waals surface area contributed by atoms with Crippen LogP contribution in [0.15, 0.2) is 60.7 Å². The molecule has 2 aromatic carbocycles. The minimum atomic E-state index is 0. The van der Waals surface area contributed by atoms with Crippen molar-refractivity contribution in [1.29, 1.82) is 10.5 Å². The van der Waals surface area contributed by atoms with Crippen molar-refractivity contribution in [1.82, 2.24) is 0 Å². The first kappa shape index (κ1) is 33.9. The number of nitriles is 2. The van der Waals surface area contributed by atoms with Gasteiger partial charge >= 0.3 is 0 Å². The summed E-state index contributed by atoms with van der Waals surface area (Å²) in [5.41, 5.74) is 1.43. The van der Waals surface area contributed by atoms with Gasteiger partial charge in [0.2, 0.25) is 0 Å². The minimum Gasteiger partial charge on any atom is -0.400 e. The highest BCUT2D eigenvalue weighted by atomic mass is 16.2. The second-order valence-corrected chi connectivity index (χ2v) is 2.96. The molecule has 0 aliphatic carbocycles. The molecule has 1 N–H and O–H groups in total. The highest BCUT2D eigenvalue weighted by Crippen LogP contribution is 1.93. The van der Waals surface area contributed by atoms with Crippen LogP contribution < -0.4 is 0 Å². The SMILES string of the molecule is CC.CC.CC.CO.N#Cc1ccccc1.N#Cc1ccccc1.[B]. The Kier molecular flexibility index (Phi) is 51.0. The lowest BCUT2D eigenvalue weighted by Crippen LogP contribution is -1.66. The molecular weight excluding hydrogens is 307 g/mol. The molecule has 0 spiro atoms. The number of benzene rings is 2. The molecule has 0 bridgehead atoms. The number of nitrogens with zero attached hydrogens (tertiary/aromatic N) is 2. The molecule has 2 rings (SSSR count). The van der Waals surface area contributed by atoms with Crippen LogP contribution in [0.2, 0.25) is 0 Å². The normalized spacial score (nSPS) is 6.00. The average molecular weight is 339 g/mol. The van der Waals surface area contributed by atoms with E-state index in [9.17, 15) is 0 Å². The van der Waals surface area contributed by atoms with Gasteiger partial charge in [0.25, 0.3) is 0 Å². The molecule has 2 aromatic rings. The molecule has 0 amide bonds. The smallest absolute Gasteiger partial charge is 0.0991 e. The van der Waals surface area contributed by atoms with Crippen LogP contribution in [0.4, 0.5) is 0 Å². The summed E-state index contributed by atoms with van der Waals surface area (Å²) in [4.78, 5) is 0. The van der Waals surface area contributed by atoms with E-state index in [2.05, 4.69) is 0 Å². The Morgan fingerprint density at radius 1 is 0.560 bits per heavy atom. The first-order chi connectivity index (χ1) is 11.9. The molecule has 0 atom stereocenters. The molecule has 0 saturated carbocycles. The van der Waals surface area contributed by atoms with Crippen LogP contribution in [-0.2, 0) is 0 Å². The Morgan fingerprint density at radius 3 is 0.880 bits per heavy atom. The van der Waals surface area contributed by atoms with Crippen molar-refractivity contribution >= 4 is 8.41 Å². The van der Waals surface area contributed by atoms with E-state index in [-0.39, 0.29) is 8.41 Å². The molecule has 0 unspecified atom stereocenters. The standard InChI is InChI=1S/2C7H5N.3C2H6.CH4O.B/c2*8-6-7-4-2-1-3-5-7;4*1-2;/h2*1-5H;3*1-2H3;2H,1H3;. The predicted octanol–water partition coefficient (Wildman–Crippen LogP) is 5.42. The van der Waals surface area contributed by atoms with Crippen LogP contribution in [0.25, 0.3) is 0 Å². The Labute approximate surface area is 157 Å². The van der Waals surface area contributed by atoms with Crippen LogP contribution >= 0.6 is 0 Å². The van der Waals surface area contributed by atoms with Crippen LogP contribution in [0, 0.1) is 22.7 Å². The van der Waals surface area contributed by atoms with Gasteiger partial charge in [0.1, 0.15) is 0 Å². The highest BCUT2D eigenvalue weighted by Gasteiger charge is 1.80. The molecule has 0 aromatic heterocycles. The van der Waals surface area contributed by atoms with Crippen molar-refractivity contribution in [2.45, 2.75) is 41.5 Å². The van der Waals surface area contributed by atoms with E-state index in [0.717, 1.165) is 7.11 Å². The molecule has 0 heterocycles. The fourth-order valence-corrected chi connectivity index (χ4v) is 1.03. The zero-order chi connectivity index (χ0) is 19.6. The number of rotatable bonds is 0. The van der Waals surface area contributed by atoms with Gasteiger partial charge in [-0.3, -0.25) is 0 Å². The zero-order valence-electron chi connectivity index (χ0n) is 16.7. The summed E-state index contributed by atoms with van der Waals surface area (Å²) in [6.07, 6.45) is 0. The molecule has 0 fully saturated rings. The first-order valence-electron chi connectivity index (χ1n) is 8.22. The number of hydrogen-bond donors (Lipinski definition) is 1. The highest BCUT2D eigenvalue weighted by molar-refractivity contribution is 5.75. The topological polar surface area (TPSA) is 67.8 Å². The predicted molar refractivity (Wildman–Crippen MR) is 110 cm³/mol. The zero-order valence-corrected chi connectivity index (χ0v) is 16.7. The molecule has 4 heteroatoms. The molecule has 25 heavy (non-hydrogen) atoms. The maximum Gasteiger partial charge on any atom is 0.0991 e. The summed E-state index contributed by atoms with van der Waals surface area (Å²) < 4.78 is 0. The van der Waals surface area contributed by atoms with Gasteiger partial charge in [-0.1, -0.05) is 77.9 Å². The van der Waals surface area contributed by atoms with E-state index in [0.29, 0.717) is 11.1 Å². The summed E-state index contributed by atoms with van der Waals surface area (Å²) in [6.45, 7) is 12.0. The minimum absolute atomic E-state index is 0. The molecule has 135 valence electrons. The number of aliphatic hydroxyl groups is 1. The third-order valence-corrected chi connectivity index (χ3v) is 1.81. The molecule has 3 nitrogen and oxygen atoms in total.